The molecule has 0 spiro atoms. The number of aliphatic hydroxyl groups excluding tert-OH is 1. The smallest absolute Gasteiger partial charge is 0.119 e. The van der Waals surface area contributed by atoms with E-state index in [1.54, 1.807) is 0 Å². The van der Waals surface area contributed by atoms with Crippen LogP contribution < -0.4 is 10.1 Å². The first-order chi connectivity index (χ1) is 14.0. The normalized spacial score (nSPS) is 12.4. The maximum Gasteiger partial charge on any atom is 0.119 e. The summed E-state index contributed by atoms with van der Waals surface area (Å²) in [7, 11) is 0. The second kappa shape index (κ2) is 8.78. The molecule has 0 bridgehead atoms. The minimum atomic E-state index is -0.535. The summed E-state index contributed by atoms with van der Waals surface area (Å²) in [6.07, 6.45) is -0.535. The lowest BCUT2D eigenvalue weighted by Gasteiger charge is -2.16. The van der Waals surface area contributed by atoms with Gasteiger partial charge in [-0.3, -0.25) is 0 Å². The summed E-state index contributed by atoms with van der Waals surface area (Å²) in [5, 5.41) is 16.4. The van der Waals surface area contributed by atoms with Gasteiger partial charge in [-0.15, -0.1) is 0 Å². The van der Waals surface area contributed by atoms with E-state index in [4.69, 9.17) is 4.74 Å². The lowest BCUT2D eigenvalue weighted by molar-refractivity contribution is 0.169. The van der Waals surface area contributed by atoms with Crippen LogP contribution >= 0.6 is 31.9 Å². The predicted octanol–water partition coefficient (Wildman–Crippen LogP) is 6.19. The Bertz CT molecular complexity index is 1080. The molecule has 0 fully saturated rings. The average molecular weight is 518 g/mol. The van der Waals surface area contributed by atoms with Crippen LogP contribution in [0.15, 0.2) is 69.6 Å². The number of ether oxygens (including phenoxy) is 1. The molecule has 0 aliphatic carbocycles. The van der Waals surface area contributed by atoms with Crippen LogP contribution in [0.2, 0.25) is 0 Å². The standard InChI is InChI=1S/C23H22Br2N2O2/c1-2-29-19-7-5-17(6-8-19)26-13-18(28)14-27-22-9-3-15(24)11-20(22)21-12-16(25)4-10-23(21)27/h3-12,18,26,28H,2,13-14H2,1H3/t18-/m1/s1. The summed E-state index contributed by atoms with van der Waals surface area (Å²) in [5.41, 5.74) is 3.19. The zero-order chi connectivity index (χ0) is 20.4. The van der Waals surface area contributed by atoms with Gasteiger partial charge in [-0.2, -0.15) is 0 Å². The van der Waals surface area contributed by atoms with Crippen molar-refractivity contribution >= 4 is 59.4 Å². The fourth-order valence-corrected chi connectivity index (χ4v) is 4.31. The molecule has 3 aromatic carbocycles. The van der Waals surface area contributed by atoms with Gasteiger partial charge in [0, 0.05) is 43.0 Å². The van der Waals surface area contributed by atoms with Crippen molar-refractivity contribution in [3.8, 4) is 5.75 Å². The second-order valence-corrected chi connectivity index (χ2v) is 8.76. The molecular weight excluding hydrogens is 496 g/mol. The van der Waals surface area contributed by atoms with Crippen LogP contribution in [0.3, 0.4) is 0 Å². The molecule has 6 heteroatoms. The van der Waals surface area contributed by atoms with Gasteiger partial charge < -0.3 is 19.7 Å². The quantitative estimate of drug-likeness (QED) is 0.307. The van der Waals surface area contributed by atoms with Gasteiger partial charge in [0.1, 0.15) is 5.75 Å². The van der Waals surface area contributed by atoms with Crippen molar-refractivity contribution in [2.75, 3.05) is 18.5 Å². The van der Waals surface area contributed by atoms with Crippen LogP contribution in [0.25, 0.3) is 21.8 Å². The molecule has 0 saturated carbocycles. The predicted molar refractivity (Wildman–Crippen MR) is 127 cm³/mol. The first kappa shape index (κ1) is 20.3. The van der Waals surface area contributed by atoms with Crippen molar-refractivity contribution in [1.29, 1.82) is 0 Å². The van der Waals surface area contributed by atoms with E-state index in [0.717, 1.165) is 31.4 Å². The third-order valence-corrected chi connectivity index (χ3v) is 5.88. The Kier molecular flexibility index (Phi) is 6.13. The van der Waals surface area contributed by atoms with E-state index in [-0.39, 0.29) is 0 Å². The van der Waals surface area contributed by atoms with Gasteiger partial charge in [0.15, 0.2) is 0 Å². The van der Waals surface area contributed by atoms with Crippen LogP contribution in [-0.2, 0) is 6.54 Å². The highest BCUT2D eigenvalue weighted by Gasteiger charge is 2.14. The highest BCUT2D eigenvalue weighted by atomic mass is 79.9. The van der Waals surface area contributed by atoms with E-state index in [2.05, 4.69) is 66.0 Å². The first-order valence-corrected chi connectivity index (χ1v) is 11.2. The van der Waals surface area contributed by atoms with Crippen molar-refractivity contribution in [3.05, 3.63) is 69.6 Å². The fraction of sp³-hybridized carbons (Fsp3) is 0.217. The number of halogens is 2. The monoisotopic (exact) mass is 516 g/mol. The van der Waals surface area contributed by atoms with Crippen LogP contribution in [0.4, 0.5) is 5.69 Å². The van der Waals surface area contributed by atoms with Gasteiger partial charge in [-0.25, -0.2) is 0 Å². The van der Waals surface area contributed by atoms with Gasteiger partial charge in [0.25, 0.3) is 0 Å². The average Bonchev–Trinajstić information content (AvgIpc) is 3.00. The molecular formula is C23H22Br2N2O2. The molecule has 0 saturated heterocycles. The highest BCUT2D eigenvalue weighted by molar-refractivity contribution is 9.10. The number of rotatable bonds is 7. The van der Waals surface area contributed by atoms with Gasteiger partial charge in [0.05, 0.1) is 19.3 Å². The number of nitrogens with zero attached hydrogens (tertiary/aromatic N) is 1. The van der Waals surface area contributed by atoms with Gasteiger partial charge >= 0.3 is 0 Å². The molecule has 4 rings (SSSR count). The number of anilines is 1. The molecule has 0 aliphatic rings. The Labute approximate surface area is 186 Å². The molecule has 1 heterocycles. The SMILES string of the molecule is CCOc1ccc(NC[C@@H](O)Cn2c3ccc(Br)cc3c3cc(Br)ccc32)cc1. The molecule has 1 atom stereocenters. The van der Waals surface area contributed by atoms with E-state index >= 15 is 0 Å². The number of fused-ring (bicyclic) bond motifs is 3. The second-order valence-electron chi connectivity index (χ2n) is 6.93. The molecule has 150 valence electrons. The Morgan fingerprint density at radius 3 is 2.07 bits per heavy atom. The summed E-state index contributed by atoms with van der Waals surface area (Å²) < 4.78 is 9.74. The van der Waals surface area contributed by atoms with Gasteiger partial charge in [0.2, 0.25) is 0 Å². The molecule has 4 nitrogen and oxygen atoms in total. The molecule has 0 aliphatic heterocycles. The van der Waals surface area contributed by atoms with E-state index in [1.807, 2.05) is 43.3 Å². The number of aliphatic hydroxyl groups is 1. The summed E-state index contributed by atoms with van der Waals surface area (Å²) in [5.74, 6) is 0.848. The number of nitrogens with one attached hydrogen (secondary N) is 1. The Morgan fingerprint density at radius 2 is 1.52 bits per heavy atom. The fourth-order valence-electron chi connectivity index (χ4n) is 3.59. The minimum absolute atomic E-state index is 0.461. The number of aromatic nitrogens is 1. The summed E-state index contributed by atoms with van der Waals surface area (Å²) >= 11 is 7.15. The third-order valence-electron chi connectivity index (χ3n) is 4.89. The van der Waals surface area contributed by atoms with Crippen LogP contribution in [0.5, 0.6) is 5.75 Å². The molecule has 29 heavy (non-hydrogen) atoms. The first-order valence-electron chi connectivity index (χ1n) is 9.57. The maximum absolute atomic E-state index is 10.7. The maximum atomic E-state index is 10.7. The van der Waals surface area contributed by atoms with Crippen molar-refractivity contribution < 1.29 is 9.84 Å². The zero-order valence-electron chi connectivity index (χ0n) is 16.0. The largest absolute Gasteiger partial charge is 0.494 e. The van der Waals surface area contributed by atoms with E-state index in [0.29, 0.717) is 19.7 Å². The lowest BCUT2D eigenvalue weighted by Crippen LogP contribution is -2.24. The van der Waals surface area contributed by atoms with Crippen LogP contribution in [0.1, 0.15) is 6.92 Å². The number of hydrogen-bond donors (Lipinski definition) is 2. The Balaban J connectivity index is 1.55. The molecule has 1 aromatic heterocycles. The summed E-state index contributed by atoms with van der Waals surface area (Å²) in [6, 6.07) is 20.3. The summed E-state index contributed by atoms with van der Waals surface area (Å²) in [4.78, 5) is 0. The third kappa shape index (κ3) is 4.44. The van der Waals surface area contributed by atoms with Crippen molar-refractivity contribution in [1.82, 2.24) is 4.57 Å². The van der Waals surface area contributed by atoms with Crippen LogP contribution in [0, 0.1) is 0 Å². The zero-order valence-corrected chi connectivity index (χ0v) is 19.2. The number of hydrogen-bond acceptors (Lipinski definition) is 3. The Hall–Kier alpha value is -2.02. The topological polar surface area (TPSA) is 46.4 Å². The minimum Gasteiger partial charge on any atom is -0.494 e. The van der Waals surface area contributed by atoms with Gasteiger partial charge in [-0.05, 0) is 67.6 Å². The van der Waals surface area contributed by atoms with Crippen molar-refractivity contribution in [3.63, 3.8) is 0 Å². The molecule has 2 N–H and O–H groups in total. The highest BCUT2D eigenvalue weighted by Crippen LogP contribution is 2.33. The number of benzene rings is 3. The molecule has 0 radical (unpaired) electrons. The molecule has 0 unspecified atom stereocenters. The van der Waals surface area contributed by atoms with Crippen molar-refractivity contribution in [2.24, 2.45) is 0 Å². The van der Waals surface area contributed by atoms with E-state index in [9.17, 15) is 5.11 Å². The lowest BCUT2D eigenvalue weighted by atomic mass is 10.2. The van der Waals surface area contributed by atoms with E-state index < -0.39 is 6.10 Å². The van der Waals surface area contributed by atoms with Gasteiger partial charge in [-0.1, -0.05) is 31.9 Å². The van der Waals surface area contributed by atoms with Crippen molar-refractivity contribution in [2.45, 2.75) is 19.6 Å². The molecule has 4 aromatic rings. The van der Waals surface area contributed by atoms with Crippen LogP contribution in [-0.4, -0.2) is 28.9 Å². The summed E-state index contributed by atoms with van der Waals surface area (Å²) in [6.45, 7) is 3.58. The Morgan fingerprint density at radius 1 is 0.931 bits per heavy atom. The van der Waals surface area contributed by atoms with E-state index in [1.165, 1.54) is 10.8 Å². The molecule has 0 amide bonds.